The summed E-state index contributed by atoms with van der Waals surface area (Å²) in [5.41, 5.74) is 0.279. The molecule has 14 heavy (non-hydrogen) atoms. The van der Waals surface area contributed by atoms with Crippen LogP contribution in [-0.4, -0.2) is 22.3 Å². The molecule has 0 fully saturated rings. The van der Waals surface area contributed by atoms with Gasteiger partial charge in [-0.2, -0.15) is 5.26 Å². The van der Waals surface area contributed by atoms with Crippen LogP contribution in [0.15, 0.2) is 24.3 Å². The van der Waals surface area contributed by atoms with Gasteiger partial charge in [0, 0.05) is 11.6 Å². The molecule has 0 rings (SSSR count). The van der Waals surface area contributed by atoms with Gasteiger partial charge in [-0.05, 0) is 20.3 Å². The fraction of sp³-hybridized carbons (Fsp3) is 0.400. The molecule has 0 aromatic heterocycles. The number of carboxylic acids is 1. The summed E-state index contributed by atoms with van der Waals surface area (Å²) in [6.45, 7) is 6.24. The SMILES string of the molecule is C=CC#N.CC(=CCC(C)O)C(=O)O. The number of aliphatic hydroxyl groups is 1. The third kappa shape index (κ3) is 13.0. The quantitative estimate of drug-likeness (QED) is 0.530. The summed E-state index contributed by atoms with van der Waals surface area (Å²) >= 11 is 0. The Hall–Kier alpha value is -1.60. The number of allylic oxidation sites excluding steroid dienone is 1. The van der Waals surface area contributed by atoms with Crippen molar-refractivity contribution in [2.24, 2.45) is 0 Å². The van der Waals surface area contributed by atoms with E-state index in [-0.39, 0.29) is 5.57 Å². The number of nitriles is 1. The molecule has 0 radical (unpaired) electrons. The van der Waals surface area contributed by atoms with E-state index in [4.69, 9.17) is 15.5 Å². The van der Waals surface area contributed by atoms with Gasteiger partial charge in [0.15, 0.2) is 0 Å². The molecule has 1 atom stereocenters. The number of hydrogen-bond acceptors (Lipinski definition) is 3. The van der Waals surface area contributed by atoms with E-state index >= 15 is 0 Å². The molecule has 0 aromatic rings. The van der Waals surface area contributed by atoms with Crippen molar-refractivity contribution in [3.8, 4) is 6.07 Å². The summed E-state index contributed by atoms with van der Waals surface area (Å²) in [6, 6.07) is 1.69. The molecular formula is C10H15NO3. The van der Waals surface area contributed by atoms with Gasteiger partial charge < -0.3 is 10.2 Å². The molecule has 0 aromatic carbocycles. The van der Waals surface area contributed by atoms with Crippen LogP contribution in [0.4, 0.5) is 0 Å². The lowest BCUT2D eigenvalue weighted by Crippen LogP contribution is -2.00. The molecule has 78 valence electrons. The first-order chi connectivity index (χ1) is 6.45. The molecule has 0 spiro atoms. The number of carbonyl (C=O) groups is 1. The molecule has 4 nitrogen and oxygen atoms in total. The Morgan fingerprint density at radius 1 is 1.71 bits per heavy atom. The zero-order valence-corrected chi connectivity index (χ0v) is 8.40. The van der Waals surface area contributed by atoms with Crippen LogP contribution in [0.2, 0.25) is 0 Å². The maximum absolute atomic E-state index is 10.2. The molecular weight excluding hydrogens is 182 g/mol. The lowest BCUT2D eigenvalue weighted by molar-refractivity contribution is -0.132. The minimum Gasteiger partial charge on any atom is -0.478 e. The fourth-order valence-electron chi connectivity index (χ4n) is 0.435. The van der Waals surface area contributed by atoms with Crippen LogP contribution in [0.25, 0.3) is 0 Å². The van der Waals surface area contributed by atoms with Gasteiger partial charge in [0.1, 0.15) is 0 Å². The summed E-state index contributed by atoms with van der Waals surface area (Å²) in [7, 11) is 0. The molecule has 0 amide bonds. The van der Waals surface area contributed by atoms with Gasteiger partial charge in [-0.1, -0.05) is 12.7 Å². The highest BCUT2D eigenvalue weighted by molar-refractivity contribution is 5.85. The van der Waals surface area contributed by atoms with E-state index in [0.29, 0.717) is 6.42 Å². The van der Waals surface area contributed by atoms with E-state index in [2.05, 4.69) is 6.58 Å². The van der Waals surface area contributed by atoms with E-state index in [0.717, 1.165) is 0 Å². The van der Waals surface area contributed by atoms with Crippen molar-refractivity contribution in [3.05, 3.63) is 24.3 Å². The van der Waals surface area contributed by atoms with Crippen molar-refractivity contribution in [2.45, 2.75) is 26.4 Å². The number of rotatable bonds is 3. The summed E-state index contributed by atoms with van der Waals surface area (Å²) in [5, 5.41) is 24.6. The van der Waals surface area contributed by atoms with E-state index in [9.17, 15) is 4.79 Å². The molecule has 0 aliphatic heterocycles. The standard InChI is InChI=1S/C7H12O3.C3H3N/c1-5(7(9)10)3-4-6(2)8;1-2-3-4/h3,6,8H,4H2,1-2H3,(H,9,10);2H,1H2. The monoisotopic (exact) mass is 197 g/mol. The number of aliphatic hydroxyl groups excluding tert-OH is 1. The predicted molar refractivity (Wildman–Crippen MR) is 53.5 cm³/mol. The summed E-state index contributed by atoms with van der Waals surface area (Å²) < 4.78 is 0. The van der Waals surface area contributed by atoms with Crippen LogP contribution < -0.4 is 0 Å². The second-order valence-corrected chi connectivity index (χ2v) is 2.61. The first-order valence-electron chi connectivity index (χ1n) is 4.04. The van der Waals surface area contributed by atoms with Crippen LogP contribution in [0, 0.1) is 11.3 Å². The topological polar surface area (TPSA) is 81.3 Å². The van der Waals surface area contributed by atoms with E-state index in [1.165, 1.54) is 19.1 Å². The average Bonchev–Trinajstić information content (AvgIpc) is 2.14. The zero-order valence-electron chi connectivity index (χ0n) is 8.40. The third-order valence-electron chi connectivity index (χ3n) is 1.19. The first-order valence-corrected chi connectivity index (χ1v) is 4.04. The molecule has 1 unspecified atom stereocenters. The Bertz CT molecular complexity index is 249. The summed E-state index contributed by atoms with van der Waals surface area (Å²) in [6.07, 6.45) is 2.62. The largest absolute Gasteiger partial charge is 0.478 e. The van der Waals surface area contributed by atoms with Crippen molar-refractivity contribution < 1.29 is 15.0 Å². The van der Waals surface area contributed by atoms with Gasteiger partial charge >= 0.3 is 5.97 Å². The summed E-state index contributed by atoms with van der Waals surface area (Å²) in [5.74, 6) is -0.930. The van der Waals surface area contributed by atoms with Gasteiger partial charge in [-0.15, -0.1) is 0 Å². The Labute approximate surface area is 83.8 Å². The lowest BCUT2D eigenvalue weighted by Gasteiger charge is -1.97. The average molecular weight is 197 g/mol. The van der Waals surface area contributed by atoms with Gasteiger partial charge in [-0.3, -0.25) is 0 Å². The van der Waals surface area contributed by atoms with Gasteiger partial charge in [0.05, 0.1) is 12.2 Å². The third-order valence-corrected chi connectivity index (χ3v) is 1.19. The maximum atomic E-state index is 10.2. The molecule has 0 saturated heterocycles. The van der Waals surface area contributed by atoms with E-state index in [1.54, 1.807) is 13.0 Å². The van der Waals surface area contributed by atoms with Gasteiger partial charge in [0.2, 0.25) is 0 Å². The van der Waals surface area contributed by atoms with Crippen molar-refractivity contribution in [3.63, 3.8) is 0 Å². The minimum absolute atomic E-state index is 0.279. The molecule has 0 heterocycles. The predicted octanol–water partition coefficient (Wildman–Crippen LogP) is 1.48. The zero-order chi connectivity index (χ0) is 11.6. The van der Waals surface area contributed by atoms with Gasteiger partial charge in [0.25, 0.3) is 0 Å². The van der Waals surface area contributed by atoms with Crippen molar-refractivity contribution in [1.29, 1.82) is 5.26 Å². The Morgan fingerprint density at radius 3 is 2.36 bits per heavy atom. The first kappa shape index (κ1) is 14.9. The Balaban J connectivity index is 0. The Kier molecular flexibility index (Phi) is 10.1. The van der Waals surface area contributed by atoms with Crippen molar-refractivity contribution >= 4 is 5.97 Å². The number of nitrogens with zero attached hydrogens (tertiary/aromatic N) is 1. The maximum Gasteiger partial charge on any atom is 0.330 e. The molecule has 2 N–H and O–H groups in total. The van der Waals surface area contributed by atoms with Crippen LogP contribution in [0.1, 0.15) is 20.3 Å². The summed E-state index contributed by atoms with van der Waals surface area (Å²) in [4.78, 5) is 10.2. The fourth-order valence-corrected chi connectivity index (χ4v) is 0.435. The van der Waals surface area contributed by atoms with Crippen molar-refractivity contribution in [1.82, 2.24) is 0 Å². The lowest BCUT2D eigenvalue weighted by atomic mass is 10.2. The van der Waals surface area contributed by atoms with Crippen LogP contribution >= 0.6 is 0 Å². The van der Waals surface area contributed by atoms with Gasteiger partial charge in [-0.25, -0.2) is 4.79 Å². The normalized spacial score (nSPS) is 11.7. The second kappa shape index (κ2) is 9.49. The highest BCUT2D eigenvalue weighted by Crippen LogP contribution is 1.97. The Morgan fingerprint density at radius 2 is 2.14 bits per heavy atom. The minimum atomic E-state index is -0.930. The van der Waals surface area contributed by atoms with E-state index < -0.39 is 12.1 Å². The molecule has 4 heteroatoms. The number of carboxylic acid groups (broad SMARTS) is 1. The van der Waals surface area contributed by atoms with Crippen LogP contribution in [-0.2, 0) is 4.79 Å². The second-order valence-electron chi connectivity index (χ2n) is 2.61. The highest BCUT2D eigenvalue weighted by atomic mass is 16.4. The van der Waals surface area contributed by atoms with Crippen LogP contribution in [0.3, 0.4) is 0 Å². The number of aliphatic carboxylic acids is 1. The number of hydrogen-bond donors (Lipinski definition) is 2. The van der Waals surface area contributed by atoms with Crippen LogP contribution in [0.5, 0.6) is 0 Å². The molecule has 0 aliphatic carbocycles. The molecule has 0 bridgehead atoms. The molecule has 0 saturated carbocycles. The van der Waals surface area contributed by atoms with Crippen molar-refractivity contribution in [2.75, 3.05) is 0 Å². The molecule has 0 aliphatic rings. The van der Waals surface area contributed by atoms with E-state index in [1.807, 2.05) is 0 Å². The smallest absolute Gasteiger partial charge is 0.330 e. The highest BCUT2D eigenvalue weighted by Gasteiger charge is 1.99.